The summed E-state index contributed by atoms with van der Waals surface area (Å²) in [6, 6.07) is 14.3. The van der Waals surface area contributed by atoms with E-state index in [4.69, 9.17) is 14.7 Å². The molecule has 0 aromatic heterocycles. The van der Waals surface area contributed by atoms with Crippen molar-refractivity contribution in [1.82, 2.24) is 0 Å². The normalized spacial score (nSPS) is 11.8. The second-order valence-corrected chi connectivity index (χ2v) is 4.60. The molecule has 0 saturated heterocycles. The van der Waals surface area contributed by atoms with Crippen LogP contribution in [0, 0.1) is 11.3 Å². The molecule has 1 heterocycles. The second-order valence-electron chi connectivity index (χ2n) is 4.60. The van der Waals surface area contributed by atoms with Gasteiger partial charge in [-0.2, -0.15) is 5.26 Å². The van der Waals surface area contributed by atoms with E-state index >= 15 is 0 Å². The molecule has 0 bridgehead atoms. The highest BCUT2D eigenvalue weighted by Gasteiger charge is 2.14. The lowest BCUT2D eigenvalue weighted by Gasteiger charge is -2.06. The minimum absolute atomic E-state index is 0.126. The number of carbonyl (C=O) groups is 1. The predicted molar refractivity (Wildman–Crippen MR) is 76.1 cm³/mol. The number of fused-ring (bicyclic) bond motifs is 1. The van der Waals surface area contributed by atoms with Crippen LogP contribution >= 0.6 is 0 Å². The summed E-state index contributed by atoms with van der Waals surface area (Å²) in [4.78, 5) is 12.0. The van der Waals surface area contributed by atoms with Gasteiger partial charge in [-0.15, -0.1) is 0 Å². The van der Waals surface area contributed by atoms with Crippen molar-refractivity contribution in [3.63, 3.8) is 0 Å². The van der Waals surface area contributed by atoms with Gasteiger partial charge in [-0.25, -0.2) is 0 Å². The van der Waals surface area contributed by atoms with Crippen molar-refractivity contribution in [2.75, 3.05) is 12.1 Å². The topological polar surface area (TPSA) is 71.4 Å². The molecule has 104 valence electrons. The van der Waals surface area contributed by atoms with Gasteiger partial charge >= 0.3 is 0 Å². The Morgan fingerprint density at radius 3 is 2.67 bits per heavy atom. The van der Waals surface area contributed by atoms with Gasteiger partial charge in [-0.05, 0) is 29.8 Å². The summed E-state index contributed by atoms with van der Waals surface area (Å²) in [5.41, 5.74) is 2.10. The molecule has 1 aliphatic rings. The molecule has 0 atom stereocenters. The van der Waals surface area contributed by atoms with Crippen molar-refractivity contribution in [3.8, 4) is 17.6 Å². The van der Waals surface area contributed by atoms with E-state index in [1.807, 2.05) is 6.07 Å². The van der Waals surface area contributed by atoms with E-state index in [0.29, 0.717) is 22.7 Å². The number of hydrogen-bond donors (Lipinski definition) is 1. The van der Waals surface area contributed by atoms with E-state index in [-0.39, 0.29) is 19.1 Å². The molecule has 0 radical (unpaired) electrons. The molecule has 5 heteroatoms. The lowest BCUT2D eigenvalue weighted by molar-refractivity contribution is -0.115. The maximum absolute atomic E-state index is 12.0. The zero-order valence-electron chi connectivity index (χ0n) is 11.1. The van der Waals surface area contributed by atoms with Crippen LogP contribution < -0.4 is 14.8 Å². The number of rotatable bonds is 3. The minimum atomic E-state index is -0.126. The molecule has 21 heavy (non-hydrogen) atoms. The Hall–Kier alpha value is -3.00. The van der Waals surface area contributed by atoms with Crippen LogP contribution in [0.4, 0.5) is 5.69 Å². The molecule has 0 saturated carbocycles. The smallest absolute Gasteiger partial charge is 0.231 e. The van der Waals surface area contributed by atoms with Gasteiger partial charge in [0.1, 0.15) is 0 Å². The Morgan fingerprint density at radius 2 is 1.90 bits per heavy atom. The molecule has 0 unspecified atom stereocenters. The largest absolute Gasteiger partial charge is 0.454 e. The third-order valence-corrected chi connectivity index (χ3v) is 3.10. The Bertz CT molecular complexity index is 717. The lowest BCUT2D eigenvalue weighted by Crippen LogP contribution is -2.14. The van der Waals surface area contributed by atoms with Gasteiger partial charge in [-0.1, -0.05) is 12.1 Å². The average Bonchev–Trinajstić information content (AvgIpc) is 2.95. The standard InChI is InChI=1S/C16H12N2O3/c17-9-12-3-1-11(2-4-12)7-16(19)18-13-5-6-14-15(8-13)21-10-20-14/h1-6,8H,7,10H2,(H,18,19). The van der Waals surface area contributed by atoms with Gasteiger partial charge in [0.2, 0.25) is 12.7 Å². The Balaban J connectivity index is 1.64. The molecule has 5 nitrogen and oxygen atoms in total. The molecule has 1 aliphatic heterocycles. The number of benzene rings is 2. The summed E-state index contributed by atoms with van der Waals surface area (Å²) in [7, 11) is 0. The fourth-order valence-electron chi connectivity index (χ4n) is 2.06. The van der Waals surface area contributed by atoms with Gasteiger partial charge in [0.05, 0.1) is 18.1 Å². The predicted octanol–water partition coefficient (Wildman–Crippen LogP) is 2.47. The fraction of sp³-hybridized carbons (Fsp3) is 0.125. The van der Waals surface area contributed by atoms with Crippen LogP contribution in [-0.4, -0.2) is 12.7 Å². The quantitative estimate of drug-likeness (QED) is 0.937. The van der Waals surface area contributed by atoms with Crippen molar-refractivity contribution >= 4 is 11.6 Å². The molecule has 2 aromatic carbocycles. The van der Waals surface area contributed by atoms with E-state index < -0.39 is 0 Å². The molecule has 1 amide bonds. The van der Waals surface area contributed by atoms with Crippen molar-refractivity contribution in [3.05, 3.63) is 53.6 Å². The maximum atomic E-state index is 12.0. The Labute approximate surface area is 121 Å². The van der Waals surface area contributed by atoms with Crippen molar-refractivity contribution in [2.45, 2.75) is 6.42 Å². The van der Waals surface area contributed by atoms with Crippen LogP contribution in [0.3, 0.4) is 0 Å². The summed E-state index contributed by atoms with van der Waals surface area (Å²) in [6.45, 7) is 0.206. The van der Waals surface area contributed by atoms with E-state index in [1.54, 1.807) is 42.5 Å². The van der Waals surface area contributed by atoms with Crippen molar-refractivity contribution < 1.29 is 14.3 Å². The third kappa shape index (κ3) is 2.95. The number of nitrogens with zero attached hydrogens (tertiary/aromatic N) is 1. The number of carbonyl (C=O) groups excluding carboxylic acids is 1. The van der Waals surface area contributed by atoms with E-state index in [2.05, 4.69) is 5.32 Å². The van der Waals surface area contributed by atoms with E-state index in [0.717, 1.165) is 5.56 Å². The van der Waals surface area contributed by atoms with E-state index in [9.17, 15) is 4.79 Å². The zero-order chi connectivity index (χ0) is 14.7. The van der Waals surface area contributed by atoms with Crippen LogP contribution in [-0.2, 0) is 11.2 Å². The first kappa shape index (κ1) is 13.0. The van der Waals surface area contributed by atoms with Crippen molar-refractivity contribution in [2.24, 2.45) is 0 Å². The molecule has 0 fully saturated rings. The van der Waals surface area contributed by atoms with Crippen LogP contribution in [0.5, 0.6) is 11.5 Å². The first-order valence-corrected chi connectivity index (χ1v) is 6.43. The summed E-state index contributed by atoms with van der Waals surface area (Å²) < 4.78 is 10.5. The second kappa shape index (κ2) is 5.55. The van der Waals surface area contributed by atoms with Gasteiger partial charge < -0.3 is 14.8 Å². The zero-order valence-corrected chi connectivity index (χ0v) is 11.1. The minimum Gasteiger partial charge on any atom is -0.454 e. The summed E-state index contributed by atoms with van der Waals surface area (Å²) in [5, 5.41) is 11.5. The summed E-state index contributed by atoms with van der Waals surface area (Å²) >= 11 is 0. The number of nitrogens with one attached hydrogen (secondary N) is 1. The Kier molecular flexibility index (Phi) is 3.44. The van der Waals surface area contributed by atoms with Crippen LogP contribution in [0.25, 0.3) is 0 Å². The molecule has 0 aliphatic carbocycles. The highest BCUT2D eigenvalue weighted by atomic mass is 16.7. The lowest BCUT2D eigenvalue weighted by atomic mass is 10.1. The highest BCUT2D eigenvalue weighted by molar-refractivity contribution is 5.92. The molecule has 0 spiro atoms. The number of ether oxygens (including phenoxy) is 2. The molecule has 1 N–H and O–H groups in total. The first-order chi connectivity index (χ1) is 10.2. The van der Waals surface area contributed by atoms with Crippen molar-refractivity contribution in [1.29, 1.82) is 5.26 Å². The average molecular weight is 280 g/mol. The molecule has 2 aromatic rings. The highest BCUT2D eigenvalue weighted by Crippen LogP contribution is 2.34. The monoisotopic (exact) mass is 280 g/mol. The fourth-order valence-corrected chi connectivity index (χ4v) is 2.06. The number of amides is 1. The van der Waals surface area contributed by atoms with Gasteiger partial charge in [0, 0.05) is 11.8 Å². The first-order valence-electron chi connectivity index (χ1n) is 6.43. The SMILES string of the molecule is N#Cc1ccc(CC(=O)Nc2ccc3c(c2)OCO3)cc1. The van der Waals surface area contributed by atoms with Gasteiger partial charge in [0.15, 0.2) is 11.5 Å². The molecular formula is C16H12N2O3. The number of anilines is 1. The molecular weight excluding hydrogens is 268 g/mol. The third-order valence-electron chi connectivity index (χ3n) is 3.10. The summed E-state index contributed by atoms with van der Waals surface area (Å²) in [5.74, 6) is 1.19. The maximum Gasteiger partial charge on any atom is 0.231 e. The van der Waals surface area contributed by atoms with Gasteiger partial charge in [-0.3, -0.25) is 4.79 Å². The number of hydrogen-bond acceptors (Lipinski definition) is 4. The number of nitriles is 1. The van der Waals surface area contributed by atoms with Gasteiger partial charge in [0.25, 0.3) is 0 Å². The van der Waals surface area contributed by atoms with Crippen LogP contribution in [0.15, 0.2) is 42.5 Å². The summed E-state index contributed by atoms with van der Waals surface area (Å²) in [6.07, 6.45) is 0.250. The van der Waals surface area contributed by atoms with Crippen LogP contribution in [0.1, 0.15) is 11.1 Å². The Morgan fingerprint density at radius 1 is 1.14 bits per heavy atom. The van der Waals surface area contributed by atoms with E-state index in [1.165, 1.54) is 0 Å². The van der Waals surface area contributed by atoms with Crippen LogP contribution in [0.2, 0.25) is 0 Å². The molecule has 3 rings (SSSR count).